The van der Waals surface area contributed by atoms with E-state index < -0.39 is 8.07 Å². The summed E-state index contributed by atoms with van der Waals surface area (Å²) in [6.45, 7) is 8.99. The number of nitrogens with one attached hydrogen (secondary N) is 2. The number of aryl methyl sites for hydroxylation is 1. The fraction of sp³-hybridized carbons (Fsp3) is 0.320. The Balaban J connectivity index is 1.85. The Hall–Kier alpha value is -3.39. The van der Waals surface area contributed by atoms with Gasteiger partial charge in [-0.15, -0.1) is 0 Å². The summed E-state index contributed by atoms with van der Waals surface area (Å²) in [6, 6.07) is 10.2. The van der Waals surface area contributed by atoms with Gasteiger partial charge >= 0.3 is 0 Å². The number of nitrogens with zero attached hydrogens (tertiary/aromatic N) is 2. The maximum absolute atomic E-state index is 13.1. The van der Waals surface area contributed by atoms with E-state index in [9.17, 15) is 9.59 Å². The number of hydrogen-bond acceptors (Lipinski definition) is 4. The van der Waals surface area contributed by atoms with Crippen molar-refractivity contribution in [1.82, 2.24) is 9.78 Å². The highest BCUT2D eigenvalue weighted by molar-refractivity contribution is 6.89. The van der Waals surface area contributed by atoms with Crippen LogP contribution in [0.5, 0.6) is 5.75 Å². The summed E-state index contributed by atoms with van der Waals surface area (Å²) in [6.07, 6.45) is 4.57. The van der Waals surface area contributed by atoms with Crippen molar-refractivity contribution in [3.05, 3.63) is 53.9 Å². The molecule has 0 aliphatic carbocycles. The van der Waals surface area contributed by atoms with Crippen LogP contribution in [0.1, 0.15) is 18.1 Å². The zero-order valence-electron chi connectivity index (χ0n) is 19.8. The Morgan fingerprint density at radius 2 is 1.94 bits per heavy atom. The van der Waals surface area contributed by atoms with E-state index in [0.29, 0.717) is 18.0 Å². The van der Waals surface area contributed by atoms with Crippen molar-refractivity contribution in [2.24, 2.45) is 7.05 Å². The first-order valence-electron chi connectivity index (χ1n) is 11.1. The molecule has 0 fully saturated rings. The summed E-state index contributed by atoms with van der Waals surface area (Å²) in [5.74, 6) is 0.563. The van der Waals surface area contributed by atoms with Gasteiger partial charge in [0, 0.05) is 32.2 Å². The van der Waals surface area contributed by atoms with E-state index in [2.05, 4.69) is 47.5 Å². The number of carbonyl (C=O) groups is 2. The second-order valence-corrected chi connectivity index (χ2v) is 14.5. The predicted molar refractivity (Wildman–Crippen MR) is 134 cm³/mol. The summed E-state index contributed by atoms with van der Waals surface area (Å²) < 4.78 is 7.38. The predicted octanol–water partition coefficient (Wildman–Crippen LogP) is 3.71. The van der Waals surface area contributed by atoms with Crippen molar-refractivity contribution in [1.29, 1.82) is 0 Å². The lowest BCUT2D eigenvalue weighted by atomic mass is 9.98. The van der Waals surface area contributed by atoms with Crippen LogP contribution in [0.15, 0.2) is 42.7 Å². The van der Waals surface area contributed by atoms with Gasteiger partial charge in [-0.2, -0.15) is 5.10 Å². The molecule has 1 aliphatic rings. The first kappa shape index (κ1) is 22.8. The average molecular weight is 463 g/mol. The minimum atomic E-state index is -1.81. The molecule has 2 heterocycles. The zero-order chi connectivity index (χ0) is 23.8. The van der Waals surface area contributed by atoms with E-state index in [0.717, 1.165) is 34.4 Å². The first-order chi connectivity index (χ1) is 15.6. The molecular weight excluding hydrogens is 432 g/mol. The Morgan fingerprint density at radius 3 is 2.61 bits per heavy atom. The molecule has 0 unspecified atom stereocenters. The van der Waals surface area contributed by atoms with Crippen molar-refractivity contribution < 1.29 is 14.3 Å². The van der Waals surface area contributed by atoms with Crippen LogP contribution >= 0.6 is 0 Å². The third-order valence-corrected chi connectivity index (χ3v) is 7.72. The van der Waals surface area contributed by atoms with Gasteiger partial charge in [-0.1, -0.05) is 37.0 Å². The number of benzene rings is 2. The molecule has 4 rings (SSSR count). The molecule has 8 heteroatoms. The van der Waals surface area contributed by atoms with E-state index in [-0.39, 0.29) is 18.2 Å². The Morgan fingerprint density at radius 1 is 1.15 bits per heavy atom. The molecule has 0 radical (unpaired) electrons. The monoisotopic (exact) mass is 462 g/mol. The van der Waals surface area contributed by atoms with E-state index in [1.54, 1.807) is 10.9 Å². The smallest absolute Gasteiger partial charge is 0.228 e. The van der Waals surface area contributed by atoms with Gasteiger partial charge < -0.3 is 15.4 Å². The standard InChI is InChI=1S/C25H30N4O3Si/c1-16(30)27-20-7-9-22(33(3,4)5)24(19-6-8-21-18(13-19)10-11-32-21)25(20)28-23(31)12-17-14-26-29(2)15-17/h6-9,13-15H,10-12H2,1-5H3,(H,27,30)(H,28,31). The van der Waals surface area contributed by atoms with Gasteiger partial charge in [0.25, 0.3) is 0 Å². The van der Waals surface area contributed by atoms with Crippen molar-refractivity contribution in [3.8, 4) is 16.9 Å². The van der Waals surface area contributed by atoms with Crippen LogP contribution in [0.4, 0.5) is 11.4 Å². The fourth-order valence-electron chi connectivity index (χ4n) is 4.23. The number of ether oxygens (including phenoxy) is 1. The molecule has 2 amide bonds. The lowest BCUT2D eigenvalue weighted by Gasteiger charge is -2.26. The molecule has 33 heavy (non-hydrogen) atoms. The van der Waals surface area contributed by atoms with Gasteiger partial charge in [0.05, 0.1) is 38.7 Å². The maximum Gasteiger partial charge on any atom is 0.228 e. The number of rotatable bonds is 6. The largest absolute Gasteiger partial charge is 0.493 e. The normalized spacial score (nSPS) is 12.8. The van der Waals surface area contributed by atoms with Crippen LogP contribution in [0.25, 0.3) is 11.1 Å². The lowest BCUT2D eigenvalue weighted by Crippen LogP contribution is -2.39. The summed E-state index contributed by atoms with van der Waals surface area (Å²) in [7, 11) is 0.0119. The van der Waals surface area contributed by atoms with Gasteiger partial charge in [-0.25, -0.2) is 0 Å². The molecule has 172 valence electrons. The zero-order valence-corrected chi connectivity index (χ0v) is 20.8. The summed E-state index contributed by atoms with van der Waals surface area (Å²) in [4.78, 5) is 25.1. The van der Waals surface area contributed by atoms with Gasteiger partial charge in [-0.3, -0.25) is 14.3 Å². The molecule has 0 saturated carbocycles. The van der Waals surface area contributed by atoms with Crippen molar-refractivity contribution >= 4 is 36.4 Å². The number of amides is 2. The van der Waals surface area contributed by atoms with Gasteiger partial charge in [0.2, 0.25) is 11.8 Å². The molecule has 0 bridgehead atoms. The average Bonchev–Trinajstić information content (AvgIpc) is 3.35. The molecule has 1 aliphatic heterocycles. The second kappa shape index (κ2) is 8.86. The van der Waals surface area contributed by atoms with E-state index in [1.807, 2.05) is 31.4 Å². The van der Waals surface area contributed by atoms with E-state index >= 15 is 0 Å². The molecule has 1 aromatic heterocycles. The highest BCUT2D eigenvalue weighted by atomic mass is 28.3. The molecule has 0 saturated heterocycles. The molecule has 7 nitrogen and oxygen atoms in total. The topological polar surface area (TPSA) is 85.2 Å². The summed E-state index contributed by atoms with van der Waals surface area (Å²) >= 11 is 0. The number of carbonyl (C=O) groups excluding carboxylic acids is 2. The number of anilines is 2. The number of aromatic nitrogens is 2. The highest BCUT2D eigenvalue weighted by Gasteiger charge is 2.27. The van der Waals surface area contributed by atoms with Crippen LogP contribution in [-0.4, -0.2) is 36.3 Å². The fourth-order valence-corrected chi connectivity index (χ4v) is 5.83. The van der Waals surface area contributed by atoms with Crippen LogP contribution < -0.4 is 20.6 Å². The molecule has 0 spiro atoms. The molecule has 2 N–H and O–H groups in total. The van der Waals surface area contributed by atoms with Crippen molar-refractivity contribution in [2.45, 2.75) is 39.4 Å². The van der Waals surface area contributed by atoms with Gasteiger partial charge in [-0.05, 0) is 34.9 Å². The molecule has 0 atom stereocenters. The van der Waals surface area contributed by atoms with Crippen LogP contribution in [0, 0.1) is 0 Å². The third kappa shape index (κ3) is 5.01. The van der Waals surface area contributed by atoms with E-state index in [4.69, 9.17) is 4.74 Å². The van der Waals surface area contributed by atoms with Crippen LogP contribution in [-0.2, 0) is 29.5 Å². The summed E-state index contributed by atoms with van der Waals surface area (Å²) in [5.41, 5.74) is 5.20. The van der Waals surface area contributed by atoms with Crippen LogP contribution in [0.3, 0.4) is 0 Å². The quantitative estimate of drug-likeness (QED) is 0.547. The second-order valence-electron chi connectivity index (χ2n) is 9.51. The number of fused-ring (bicyclic) bond motifs is 1. The Labute approximate surface area is 195 Å². The van der Waals surface area contributed by atoms with Crippen molar-refractivity contribution in [2.75, 3.05) is 17.2 Å². The summed E-state index contributed by atoms with van der Waals surface area (Å²) in [5, 5.41) is 11.4. The molecule has 3 aromatic rings. The Bertz CT molecular complexity index is 1230. The highest BCUT2D eigenvalue weighted by Crippen LogP contribution is 2.38. The number of hydrogen-bond donors (Lipinski definition) is 2. The minimum absolute atomic E-state index is 0.159. The third-order valence-electron chi connectivity index (χ3n) is 5.69. The molecular formula is C25H30N4O3Si. The SMILES string of the molecule is CC(=O)Nc1ccc([Si](C)(C)C)c(-c2ccc3c(c2)CCO3)c1NC(=O)Cc1cnn(C)c1. The molecule has 2 aromatic carbocycles. The van der Waals surface area contributed by atoms with Gasteiger partial charge in [0.1, 0.15) is 5.75 Å². The Kier molecular flexibility index (Phi) is 6.12. The van der Waals surface area contributed by atoms with Gasteiger partial charge in [0.15, 0.2) is 0 Å². The minimum Gasteiger partial charge on any atom is -0.493 e. The first-order valence-corrected chi connectivity index (χ1v) is 14.6. The lowest BCUT2D eigenvalue weighted by molar-refractivity contribution is -0.116. The van der Waals surface area contributed by atoms with Crippen molar-refractivity contribution in [3.63, 3.8) is 0 Å². The van der Waals surface area contributed by atoms with E-state index in [1.165, 1.54) is 12.1 Å². The van der Waals surface area contributed by atoms with Crippen LogP contribution in [0.2, 0.25) is 19.6 Å². The maximum atomic E-state index is 13.1.